The van der Waals surface area contributed by atoms with Crippen molar-refractivity contribution in [3.63, 3.8) is 0 Å². The molecule has 1 heterocycles. The lowest BCUT2D eigenvalue weighted by Gasteiger charge is -1.99. The number of hydrogen-bond donors (Lipinski definition) is 1. The number of nitrogens with zero attached hydrogens (tertiary/aromatic N) is 1. The molecule has 0 aliphatic carbocycles. The number of hydrogen-bond acceptors (Lipinski definition) is 3. The summed E-state index contributed by atoms with van der Waals surface area (Å²) in [4.78, 5) is 5.46. The monoisotopic (exact) mass is 222 g/mol. The smallest absolute Gasteiger partial charge is 0.0404 e. The van der Waals surface area contributed by atoms with Gasteiger partial charge in [-0.15, -0.1) is 11.8 Å². The maximum Gasteiger partial charge on any atom is 0.0404 e. The van der Waals surface area contributed by atoms with Crippen LogP contribution in [0.2, 0.25) is 0 Å². The number of pyridine rings is 1. The topological polar surface area (TPSA) is 24.9 Å². The van der Waals surface area contributed by atoms with Crippen molar-refractivity contribution < 1.29 is 0 Å². The quantitative estimate of drug-likeness (QED) is 0.592. The second-order valence-corrected chi connectivity index (χ2v) is 4.52. The number of rotatable bonds is 6. The van der Waals surface area contributed by atoms with Crippen LogP contribution in [0.15, 0.2) is 29.4 Å². The van der Waals surface area contributed by atoms with Crippen molar-refractivity contribution >= 4 is 17.8 Å². The van der Waals surface area contributed by atoms with E-state index in [9.17, 15) is 0 Å². The lowest BCUT2D eigenvalue weighted by Crippen LogP contribution is -2.05. The molecule has 0 aliphatic heterocycles. The number of nitrogens with one attached hydrogen (secondary N) is 1. The van der Waals surface area contributed by atoms with Gasteiger partial charge >= 0.3 is 0 Å². The molecule has 0 fully saturated rings. The molecule has 0 aromatic carbocycles. The van der Waals surface area contributed by atoms with E-state index in [1.807, 2.05) is 31.2 Å². The van der Waals surface area contributed by atoms with E-state index < -0.39 is 0 Å². The molecule has 0 saturated carbocycles. The Morgan fingerprint density at radius 1 is 1.47 bits per heavy atom. The normalized spacial score (nSPS) is 11.1. The van der Waals surface area contributed by atoms with Crippen molar-refractivity contribution in [2.45, 2.75) is 18.2 Å². The van der Waals surface area contributed by atoms with Crippen LogP contribution in [0.5, 0.6) is 0 Å². The molecule has 0 saturated heterocycles. The second kappa shape index (κ2) is 7.49. The van der Waals surface area contributed by atoms with Crippen molar-refractivity contribution in [1.29, 1.82) is 0 Å². The maximum atomic E-state index is 4.21. The average molecular weight is 222 g/mol. The standard InChI is InChI=1S/C12H18N2S/c1-3-15-12-8-11(9-14-10-12)6-4-5-7-13-2/h4,6,8-10,13H,3,5,7H2,1-2H3. The summed E-state index contributed by atoms with van der Waals surface area (Å²) >= 11 is 1.82. The predicted octanol–water partition coefficient (Wildman–Crippen LogP) is 2.82. The number of thioether (sulfide) groups is 1. The van der Waals surface area contributed by atoms with E-state index in [4.69, 9.17) is 0 Å². The minimum absolute atomic E-state index is 1.02. The first-order valence-electron chi connectivity index (χ1n) is 5.25. The van der Waals surface area contributed by atoms with Crippen molar-refractivity contribution in [2.75, 3.05) is 19.3 Å². The van der Waals surface area contributed by atoms with Crippen LogP contribution in [-0.2, 0) is 0 Å². The van der Waals surface area contributed by atoms with Gasteiger partial charge in [0.2, 0.25) is 0 Å². The van der Waals surface area contributed by atoms with Crippen molar-refractivity contribution in [3.8, 4) is 0 Å². The van der Waals surface area contributed by atoms with E-state index in [2.05, 4.69) is 35.4 Å². The lowest BCUT2D eigenvalue weighted by atomic mass is 10.2. The minimum atomic E-state index is 1.02. The third-order valence-corrected chi connectivity index (χ3v) is 2.76. The molecule has 82 valence electrons. The molecule has 0 atom stereocenters. The van der Waals surface area contributed by atoms with E-state index in [0.29, 0.717) is 0 Å². The molecular formula is C12H18N2S. The van der Waals surface area contributed by atoms with Crippen LogP contribution in [0.3, 0.4) is 0 Å². The maximum absolute atomic E-state index is 4.21. The minimum Gasteiger partial charge on any atom is -0.319 e. The SMILES string of the molecule is CCSc1cncc(C=CCCNC)c1. The van der Waals surface area contributed by atoms with Crippen LogP contribution in [0.25, 0.3) is 6.08 Å². The third kappa shape index (κ3) is 5.00. The average Bonchev–Trinajstić information content (AvgIpc) is 2.26. The largest absolute Gasteiger partial charge is 0.319 e. The van der Waals surface area contributed by atoms with Crippen molar-refractivity contribution in [2.24, 2.45) is 0 Å². The first kappa shape index (κ1) is 12.3. The van der Waals surface area contributed by atoms with Gasteiger partial charge in [0.05, 0.1) is 0 Å². The molecule has 0 aliphatic rings. The first-order chi connectivity index (χ1) is 7.36. The molecular weight excluding hydrogens is 204 g/mol. The molecule has 0 spiro atoms. The lowest BCUT2D eigenvalue weighted by molar-refractivity contribution is 0.809. The fourth-order valence-electron chi connectivity index (χ4n) is 1.22. The highest BCUT2D eigenvalue weighted by molar-refractivity contribution is 7.99. The van der Waals surface area contributed by atoms with Crippen molar-refractivity contribution in [3.05, 3.63) is 30.1 Å². The summed E-state index contributed by atoms with van der Waals surface area (Å²) in [6.45, 7) is 3.17. The summed E-state index contributed by atoms with van der Waals surface area (Å²) in [5.74, 6) is 1.09. The Morgan fingerprint density at radius 3 is 3.07 bits per heavy atom. The van der Waals surface area contributed by atoms with Gasteiger partial charge in [-0.25, -0.2) is 0 Å². The molecule has 1 rings (SSSR count). The van der Waals surface area contributed by atoms with Gasteiger partial charge in [-0.3, -0.25) is 4.98 Å². The second-order valence-electron chi connectivity index (χ2n) is 3.18. The molecule has 0 unspecified atom stereocenters. The van der Waals surface area contributed by atoms with Gasteiger partial charge in [-0.2, -0.15) is 0 Å². The Balaban J connectivity index is 2.53. The Labute approximate surface area is 96.2 Å². The van der Waals surface area contributed by atoms with Crippen LogP contribution >= 0.6 is 11.8 Å². The molecule has 0 radical (unpaired) electrons. The molecule has 1 aromatic rings. The molecule has 3 heteroatoms. The Hall–Kier alpha value is -0.800. The summed E-state index contributed by atoms with van der Waals surface area (Å²) in [6, 6.07) is 2.18. The van der Waals surface area contributed by atoms with Crippen LogP contribution in [0.4, 0.5) is 0 Å². The van der Waals surface area contributed by atoms with Gasteiger partial charge in [0, 0.05) is 17.3 Å². The van der Waals surface area contributed by atoms with E-state index >= 15 is 0 Å². The highest BCUT2D eigenvalue weighted by Crippen LogP contribution is 2.17. The van der Waals surface area contributed by atoms with E-state index in [-0.39, 0.29) is 0 Å². The van der Waals surface area contributed by atoms with Crippen molar-refractivity contribution in [1.82, 2.24) is 10.3 Å². The molecule has 15 heavy (non-hydrogen) atoms. The Morgan fingerprint density at radius 2 is 2.33 bits per heavy atom. The summed E-state index contributed by atoms with van der Waals surface area (Å²) in [7, 11) is 1.97. The van der Waals surface area contributed by atoms with Crippen LogP contribution in [0, 0.1) is 0 Å². The highest BCUT2D eigenvalue weighted by Gasteiger charge is 1.93. The van der Waals surface area contributed by atoms with Crippen LogP contribution in [-0.4, -0.2) is 24.3 Å². The number of aromatic nitrogens is 1. The van der Waals surface area contributed by atoms with Gasteiger partial charge < -0.3 is 5.32 Å². The van der Waals surface area contributed by atoms with Gasteiger partial charge in [0.1, 0.15) is 0 Å². The van der Waals surface area contributed by atoms with Crippen LogP contribution in [0.1, 0.15) is 18.9 Å². The van der Waals surface area contributed by atoms with E-state index in [0.717, 1.165) is 18.7 Å². The molecule has 2 nitrogen and oxygen atoms in total. The Bertz CT molecular complexity index is 310. The first-order valence-corrected chi connectivity index (χ1v) is 6.24. The molecule has 0 bridgehead atoms. The van der Waals surface area contributed by atoms with Gasteiger partial charge in [0.15, 0.2) is 0 Å². The zero-order chi connectivity index (χ0) is 10.9. The van der Waals surface area contributed by atoms with Gasteiger partial charge in [-0.05, 0) is 37.4 Å². The third-order valence-electron chi connectivity index (χ3n) is 1.92. The molecule has 1 N–H and O–H groups in total. The van der Waals surface area contributed by atoms with Crippen LogP contribution < -0.4 is 5.32 Å². The summed E-state index contributed by atoms with van der Waals surface area (Å²) in [5.41, 5.74) is 1.18. The van der Waals surface area contributed by atoms with E-state index in [1.54, 1.807) is 0 Å². The van der Waals surface area contributed by atoms with E-state index in [1.165, 1.54) is 10.5 Å². The molecule has 0 amide bonds. The zero-order valence-corrected chi connectivity index (χ0v) is 10.2. The van der Waals surface area contributed by atoms with Gasteiger partial charge in [0.25, 0.3) is 0 Å². The summed E-state index contributed by atoms with van der Waals surface area (Å²) in [5, 5.41) is 3.11. The summed E-state index contributed by atoms with van der Waals surface area (Å²) < 4.78 is 0. The highest BCUT2D eigenvalue weighted by atomic mass is 32.2. The van der Waals surface area contributed by atoms with Gasteiger partial charge in [-0.1, -0.05) is 19.1 Å². The summed E-state index contributed by atoms with van der Waals surface area (Å²) in [6.07, 6.45) is 9.17. The zero-order valence-electron chi connectivity index (χ0n) is 9.36. The molecule has 1 aromatic heterocycles. The predicted molar refractivity (Wildman–Crippen MR) is 68.2 cm³/mol. The fourth-order valence-corrected chi connectivity index (χ4v) is 1.91. The Kier molecular flexibility index (Phi) is 6.12. The fraction of sp³-hybridized carbons (Fsp3) is 0.417.